The first kappa shape index (κ1) is 19.4. The first-order valence-corrected chi connectivity index (χ1v) is 9.00. The van der Waals surface area contributed by atoms with Crippen LogP contribution in [0.4, 0.5) is 0 Å². The minimum atomic E-state index is -0.344. The third kappa shape index (κ3) is 4.13. The van der Waals surface area contributed by atoms with E-state index in [4.69, 9.17) is 23.2 Å². The van der Waals surface area contributed by atoms with Crippen molar-refractivity contribution in [3.8, 4) is 0 Å². The molecule has 6 nitrogen and oxygen atoms in total. The highest BCUT2D eigenvalue weighted by Crippen LogP contribution is 2.22. The molecule has 27 heavy (non-hydrogen) atoms. The van der Waals surface area contributed by atoms with Gasteiger partial charge in [-0.25, -0.2) is 4.68 Å². The second-order valence-corrected chi connectivity index (χ2v) is 7.01. The van der Waals surface area contributed by atoms with E-state index in [0.29, 0.717) is 27.4 Å². The summed E-state index contributed by atoms with van der Waals surface area (Å²) < 4.78 is 1.29. The zero-order valence-electron chi connectivity index (χ0n) is 14.9. The molecule has 0 atom stereocenters. The van der Waals surface area contributed by atoms with Crippen LogP contribution in [-0.4, -0.2) is 34.7 Å². The summed E-state index contributed by atoms with van der Waals surface area (Å²) in [6.07, 6.45) is 0. The van der Waals surface area contributed by atoms with Crippen molar-refractivity contribution in [3.05, 3.63) is 74.1 Å². The molecular weight excluding hydrogens is 387 g/mol. The summed E-state index contributed by atoms with van der Waals surface area (Å²) in [5.41, 5.74) is 0.835. The van der Waals surface area contributed by atoms with Crippen molar-refractivity contribution in [2.45, 2.75) is 13.2 Å². The van der Waals surface area contributed by atoms with Gasteiger partial charge in [0.2, 0.25) is 0 Å². The quantitative estimate of drug-likeness (QED) is 0.708. The number of fused-ring (bicyclic) bond motifs is 1. The van der Waals surface area contributed by atoms with E-state index in [9.17, 15) is 9.59 Å². The average molecular weight is 405 g/mol. The topological polar surface area (TPSA) is 67.2 Å². The van der Waals surface area contributed by atoms with Crippen molar-refractivity contribution in [3.63, 3.8) is 0 Å². The van der Waals surface area contributed by atoms with Gasteiger partial charge in [0.15, 0.2) is 5.69 Å². The molecule has 0 saturated carbocycles. The zero-order chi connectivity index (χ0) is 19.6. The molecule has 0 aliphatic rings. The molecule has 1 heterocycles. The van der Waals surface area contributed by atoms with Crippen molar-refractivity contribution in [2.24, 2.45) is 0 Å². The lowest BCUT2D eigenvalue weighted by atomic mass is 10.1. The minimum absolute atomic E-state index is 0.201. The van der Waals surface area contributed by atoms with Crippen LogP contribution < -0.4 is 10.9 Å². The van der Waals surface area contributed by atoms with Gasteiger partial charge in [-0.2, -0.15) is 5.10 Å². The third-order valence-electron chi connectivity index (χ3n) is 4.14. The lowest BCUT2D eigenvalue weighted by Gasteiger charge is -2.19. The Morgan fingerprint density at radius 2 is 1.89 bits per heavy atom. The average Bonchev–Trinajstić information content (AvgIpc) is 2.65. The molecule has 0 radical (unpaired) electrons. The molecule has 0 aliphatic carbocycles. The fourth-order valence-corrected chi connectivity index (χ4v) is 3.30. The number of rotatable bonds is 5. The Kier molecular flexibility index (Phi) is 5.79. The van der Waals surface area contributed by atoms with E-state index < -0.39 is 0 Å². The minimum Gasteiger partial charge on any atom is -0.354 e. The lowest BCUT2D eigenvalue weighted by molar-refractivity contribution is 0.0956. The summed E-state index contributed by atoms with van der Waals surface area (Å²) >= 11 is 12.2. The maximum atomic E-state index is 12.8. The van der Waals surface area contributed by atoms with Crippen LogP contribution in [0.2, 0.25) is 10.0 Å². The standard InChI is InChI=1S/C19H18Cl2N4O2/c1-22-18(26)17-14-5-3-4-6-15(14)19(27)25(23-17)11-24(2)10-12-7-8-13(20)9-16(12)21/h3-9H,10-11H2,1-2H3,(H,22,26). The molecule has 1 amide bonds. The molecule has 140 valence electrons. The van der Waals surface area contributed by atoms with Gasteiger partial charge in [-0.05, 0) is 30.8 Å². The second-order valence-electron chi connectivity index (χ2n) is 6.17. The van der Waals surface area contributed by atoms with Crippen LogP contribution in [0.15, 0.2) is 47.3 Å². The number of halogens is 2. The van der Waals surface area contributed by atoms with Gasteiger partial charge in [0, 0.05) is 29.0 Å². The van der Waals surface area contributed by atoms with Crippen molar-refractivity contribution in [1.29, 1.82) is 0 Å². The van der Waals surface area contributed by atoms with Gasteiger partial charge < -0.3 is 5.32 Å². The molecule has 3 aromatic rings. The zero-order valence-corrected chi connectivity index (χ0v) is 16.4. The number of aromatic nitrogens is 2. The van der Waals surface area contributed by atoms with E-state index in [0.717, 1.165) is 5.56 Å². The molecular formula is C19H18Cl2N4O2. The highest BCUT2D eigenvalue weighted by atomic mass is 35.5. The van der Waals surface area contributed by atoms with Crippen LogP contribution >= 0.6 is 23.2 Å². The van der Waals surface area contributed by atoms with Gasteiger partial charge in [-0.3, -0.25) is 14.5 Å². The molecule has 1 N–H and O–H groups in total. The van der Waals surface area contributed by atoms with Gasteiger partial charge in [0.05, 0.1) is 12.1 Å². The molecule has 0 saturated heterocycles. The van der Waals surface area contributed by atoms with Crippen molar-refractivity contribution < 1.29 is 4.79 Å². The number of nitrogens with zero attached hydrogens (tertiary/aromatic N) is 3. The summed E-state index contributed by atoms with van der Waals surface area (Å²) in [7, 11) is 3.37. The summed E-state index contributed by atoms with van der Waals surface area (Å²) in [5.74, 6) is -0.344. The number of benzene rings is 2. The highest BCUT2D eigenvalue weighted by Gasteiger charge is 2.16. The van der Waals surface area contributed by atoms with Crippen LogP contribution in [0.25, 0.3) is 10.8 Å². The van der Waals surface area contributed by atoms with Crippen LogP contribution in [0, 0.1) is 0 Å². The number of nitrogens with one attached hydrogen (secondary N) is 1. The van der Waals surface area contributed by atoms with E-state index in [-0.39, 0.29) is 23.8 Å². The molecule has 0 fully saturated rings. The van der Waals surface area contributed by atoms with Gasteiger partial charge in [-0.15, -0.1) is 0 Å². The Labute approximate surface area is 166 Å². The predicted octanol–water partition coefficient (Wildman–Crippen LogP) is 3.15. The Hall–Kier alpha value is -2.41. The van der Waals surface area contributed by atoms with E-state index in [1.807, 2.05) is 18.0 Å². The first-order chi connectivity index (χ1) is 12.9. The maximum absolute atomic E-state index is 12.8. The van der Waals surface area contributed by atoms with E-state index in [2.05, 4.69) is 10.4 Å². The third-order valence-corrected chi connectivity index (χ3v) is 4.73. The molecule has 0 unspecified atom stereocenters. The van der Waals surface area contributed by atoms with E-state index >= 15 is 0 Å². The summed E-state index contributed by atoms with van der Waals surface area (Å²) in [6.45, 7) is 0.693. The Morgan fingerprint density at radius 3 is 2.56 bits per heavy atom. The molecule has 0 bridgehead atoms. The van der Waals surface area contributed by atoms with Crippen LogP contribution in [0.3, 0.4) is 0 Å². The Morgan fingerprint density at radius 1 is 1.19 bits per heavy atom. The number of carbonyl (C=O) groups excluding carboxylic acids is 1. The maximum Gasteiger partial charge on any atom is 0.275 e. The van der Waals surface area contributed by atoms with Crippen LogP contribution in [0.1, 0.15) is 16.1 Å². The molecule has 8 heteroatoms. The molecule has 1 aromatic heterocycles. The lowest BCUT2D eigenvalue weighted by Crippen LogP contribution is -2.34. The fraction of sp³-hybridized carbons (Fsp3) is 0.211. The number of carbonyl (C=O) groups is 1. The smallest absolute Gasteiger partial charge is 0.275 e. The summed E-state index contributed by atoms with van der Waals surface area (Å²) in [6, 6.07) is 12.2. The van der Waals surface area contributed by atoms with Gasteiger partial charge in [-0.1, -0.05) is 47.5 Å². The van der Waals surface area contributed by atoms with Crippen molar-refractivity contribution >= 4 is 39.9 Å². The van der Waals surface area contributed by atoms with Gasteiger partial charge in [0.1, 0.15) is 0 Å². The van der Waals surface area contributed by atoms with Crippen LogP contribution in [-0.2, 0) is 13.2 Å². The number of hydrogen-bond donors (Lipinski definition) is 1. The fourth-order valence-electron chi connectivity index (χ4n) is 2.84. The number of amides is 1. The number of hydrogen-bond acceptors (Lipinski definition) is 4. The van der Waals surface area contributed by atoms with E-state index in [1.165, 1.54) is 11.7 Å². The van der Waals surface area contributed by atoms with Gasteiger partial charge >= 0.3 is 0 Å². The monoisotopic (exact) mass is 404 g/mol. The molecule has 3 rings (SSSR count). The van der Waals surface area contributed by atoms with Gasteiger partial charge in [0.25, 0.3) is 11.5 Å². The normalized spacial score (nSPS) is 11.1. The van der Waals surface area contributed by atoms with Crippen molar-refractivity contribution in [1.82, 2.24) is 20.0 Å². The molecule has 2 aromatic carbocycles. The second kappa shape index (κ2) is 8.08. The highest BCUT2D eigenvalue weighted by molar-refractivity contribution is 6.35. The Balaban J connectivity index is 1.95. The summed E-state index contributed by atoms with van der Waals surface area (Å²) in [4.78, 5) is 26.9. The first-order valence-electron chi connectivity index (χ1n) is 8.25. The molecule has 0 spiro atoms. The SMILES string of the molecule is CNC(=O)c1nn(CN(C)Cc2ccc(Cl)cc2Cl)c(=O)c2ccccc12. The largest absolute Gasteiger partial charge is 0.354 e. The van der Waals surface area contributed by atoms with Crippen LogP contribution in [0.5, 0.6) is 0 Å². The van der Waals surface area contributed by atoms with E-state index in [1.54, 1.807) is 36.4 Å². The van der Waals surface area contributed by atoms with Crippen molar-refractivity contribution in [2.75, 3.05) is 14.1 Å². The summed E-state index contributed by atoms with van der Waals surface area (Å²) in [5, 5.41) is 8.95. The molecule has 0 aliphatic heterocycles. The Bertz CT molecular complexity index is 1070. The predicted molar refractivity (Wildman–Crippen MR) is 107 cm³/mol.